The Hall–Kier alpha value is -3.48. The molecule has 7 heteroatoms. The van der Waals surface area contributed by atoms with Gasteiger partial charge in [-0.05, 0) is 43.3 Å². The summed E-state index contributed by atoms with van der Waals surface area (Å²) in [7, 11) is 1.32. The molecule has 0 aliphatic heterocycles. The first-order valence-corrected chi connectivity index (χ1v) is 7.91. The van der Waals surface area contributed by atoms with Crippen LogP contribution in [-0.2, 0) is 16.0 Å². The van der Waals surface area contributed by atoms with Gasteiger partial charge in [-0.3, -0.25) is 9.78 Å². The summed E-state index contributed by atoms with van der Waals surface area (Å²) in [5, 5.41) is 2.77. The van der Waals surface area contributed by atoms with Gasteiger partial charge in [-0.1, -0.05) is 0 Å². The second-order valence-corrected chi connectivity index (χ2v) is 5.56. The molecule has 3 aromatic rings. The van der Waals surface area contributed by atoms with Crippen molar-refractivity contribution in [1.82, 2.24) is 9.97 Å². The highest BCUT2D eigenvalue weighted by molar-refractivity contribution is 5.93. The number of oxazole rings is 1. The first-order chi connectivity index (χ1) is 12.6. The van der Waals surface area contributed by atoms with Gasteiger partial charge in [0.1, 0.15) is 5.76 Å². The summed E-state index contributed by atoms with van der Waals surface area (Å²) in [5.74, 6) is 0.356. The van der Waals surface area contributed by atoms with Crippen molar-refractivity contribution in [2.45, 2.75) is 13.3 Å². The monoisotopic (exact) mass is 351 g/mol. The van der Waals surface area contributed by atoms with Gasteiger partial charge in [-0.25, -0.2) is 9.78 Å². The fourth-order valence-corrected chi connectivity index (χ4v) is 2.37. The first kappa shape index (κ1) is 17.3. The zero-order chi connectivity index (χ0) is 18.5. The zero-order valence-electron chi connectivity index (χ0n) is 14.4. The van der Waals surface area contributed by atoms with E-state index in [9.17, 15) is 9.59 Å². The maximum Gasteiger partial charge on any atom is 0.337 e. The lowest BCUT2D eigenvalue weighted by molar-refractivity contribution is -0.115. The summed E-state index contributed by atoms with van der Waals surface area (Å²) in [6.07, 6.45) is 3.39. The molecule has 1 aromatic carbocycles. The van der Waals surface area contributed by atoms with E-state index in [4.69, 9.17) is 4.42 Å². The quantitative estimate of drug-likeness (QED) is 0.710. The summed E-state index contributed by atoms with van der Waals surface area (Å²) in [6.45, 7) is 1.76. The molecule has 3 rings (SSSR count). The number of aryl methyl sites for hydroxylation is 1. The maximum absolute atomic E-state index is 12.3. The van der Waals surface area contributed by atoms with Gasteiger partial charge in [0.15, 0.2) is 0 Å². The summed E-state index contributed by atoms with van der Waals surface area (Å²) >= 11 is 0. The summed E-state index contributed by atoms with van der Waals surface area (Å²) in [5.41, 5.74) is 2.31. The third-order valence-corrected chi connectivity index (χ3v) is 3.72. The molecule has 0 saturated carbocycles. The van der Waals surface area contributed by atoms with E-state index in [0.717, 1.165) is 5.56 Å². The highest BCUT2D eigenvalue weighted by atomic mass is 16.5. The molecule has 0 aliphatic carbocycles. The molecule has 2 aromatic heterocycles. The zero-order valence-corrected chi connectivity index (χ0v) is 14.4. The molecule has 0 aliphatic rings. The van der Waals surface area contributed by atoms with Crippen LogP contribution in [0.15, 0.2) is 53.2 Å². The summed E-state index contributed by atoms with van der Waals surface area (Å²) in [4.78, 5) is 32.1. The van der Waals surface area contributed by atoms with Gasteiger partial charge in [0.25, 0.3) is 0 Å². The molecule has 132 valence electrons. The van der Waals surface area contributed by atoms with Crippen LogP contribution in [0.4, 0.5) is 5.69 Å². The molecular formula is C19H17N3O4. The maximum atomic E-state index is 12.3. The van der Waals surface area contributed by atoms with Crippen LogP contribution in [0.3, 0.4) is 0 Å². The number of nitrogens with one attached hydrogen (secondary N) is 1. The number of esters is 1. The second-order valence-electron chi connectivity index (χ2n) is 5.56. The number of ether oxygens (including phenoxy) is 1. The predicted octanol–water partition coefficient (Wildman–Crippen LogP) is 3.01. The number of nitrogens with zero attached hydrogens (tertiary/aromatic N) is 2. The molecule has 0 bridgehead atoms. The van der Waals surface area contributed by atoms with Crippen LogP contribution in [0.1, 0.15) is 21.8 Å². The predicted molar refractivity (Wildman–Crippen MR) is 94.6 cm³/mol. The number of anilines is 1. The smallest absolute Gasteiger partial charge is 0.337 e. The van der Waals surface area contributed by atoms with Crippen molar-refractivity contribution in [1.29, 1.82) is 0 Å². The van der Waals surface area contributed by atoms with Gasteiger partial charge in [0.2, 0.25) is 11.8 Å². The van der Waals surface area contributed by atoms with Crippen LogP contribution in [0.25, 0.3) is 11.5 Å². The van der Waals surface area contributed by atoms with E-state index in [0.29, 0.717) is 28.6 Å². The Kier molecular flexibility index (Phi) is 5.07. The van der Waals surface area contributed by atoms with Crippen LogP contribution >= 0.6 is 0 Å². The van der Waals surface area contributed by atoms with Gasteiger partial charge in [0.05, 0.1) is 30.4 Å². The fourth-order valence-electron chi connectivity index (χ4n) is 2.37. The Labute approximate surface area is 150 Å². The number of benzene rings is 1. The van der Waals surface area contributed by atoms with Crippen molar-refractivity contribution >= 4 is 17.6 Å². The number of hydrogen-bond donors (Lipinski definition) is 1. The lowest BCUT2D eigenvalue weighted by atomic mass is 10.2. The highest BCUT2D eigenvalue weighted by Crippen LogP contribution is 2.21. The molecule has 0 saturated heterocycles. The number of carbonyl (C=O) groups excluding carboxylic acids is 2. The number of rotatable bonds is 5. The van der Waals surface area contributed by atoms with Crippen molar-refractivity contribution in [2.75, 3.05) is 12.4 Å². The lowest BCUT2D eigenvalue weighted by Gasteiger charge is -2.05. The fraction of sp³-hybridized carbons (Fsp3) is 0.158. The molecule has 0 atom stereocenters. The third kappa shape index (κ3) is 3.94. The number of carbonyl (C=O) groups is 2. The van der Waals surface area contributed by atoms with Crippen molar-refractivity contribution in [3.8, 4) is 11.5 Å². The second kappa shape index (κ2) is 7.60. The molecule has 1 N–H and O–H groups in total. The Morgan fingerprint density at radius 2 is 1.96 bits per heavy atom. The Balaban J connectivity index is 1.67. The number of hydrogen-bond acceptors (Lipinski definition) is 6. The van der Waals surface area contributed by atoms with Crippen LogP contribution in [0.2, 0.25) is 0 Å². The summed E-state index contributed by atoms with van der Waals surface area (Å²) < 4.78 is 10.3. The van der Waals surface area contributed by atoms with E-state index >= 15 is 0 Å². The number of pyridine rings is 1. The SMILES string of the molecule is COC(=O)c1ccc(NC(=O)Cc2nc(-c3cccnc3)oc2C)cc1. The topological polar surface area (TPSA) is 94.3 Å². The molecule has 0 fully saturated rings. The average Bonchev–Trinajstić information content (AvgIpc) is 3.03. The standard InChI is InChI=1S/C19H17N3O4/c1-12-16(22-18(26-12)14-4-3-9-20-11-14)10-17(23)21-15-7-5-13(6-8-15)19(24)25-2/h3-9,11H,10H2,1-2H3,(H,21,23). The Morgan fingerprint density at radius 1 is 1.19 bits per heavy atom. The summed E-state index contributed by atoms with van der Waals surface area (Å²) in [6, 6.07) is 10.1. The minimum Gasteiger partial charge on any atom is -0.465 e. The normalized spacial score (nSPS) is 10.4. The molecule has 1 amide bonds. The molecule has 2 heterocycles. The minimum absolute atomic E-state index is 0.0777. The average molecular weight is 351 g/mol. The Morgan fingerprint density at radius 3 is 2.62 bits per heavy atom. The highest BCUT2D eigenvalue weighted by Gasteiger charge is 2.15. The van der Waals surface area contributed by atoms with Crippen molar-refractivity contribution in [2.24, 2.45) is 0 Å². The largest absolute Gasteiger partial charge is 0.465 e. The van der Waals surface area contributed by atoms with Crippen LogP contribution in [0, 0.1) is 6.92 Å². The minimum atomic E-state index is -0.427. The van der Waals surface area contributed by atoms with Gasteiger partial charge >= 0.3 is 5.97 Å². The molecular weight excluding hydrogens is 334 g/mol. The number of amides is 1. The van der Waals surface area contributed by atoms with E-state index in [1.165, 1.54) is 7.11 Å². The number of methoxy groups -OCH3 is 1. The molecule has 7 nitrogen and oxygen atoms in total. The van der Waals surface area contributed by atoms with Crippen molar-refractivity contribution in [3.05, 3.63) is 65.8 Å². The van der Waals surface area contributed by atoms with Crippen LogP contribution in [0.5, 0.6) is 0 Å². The van der Waals surface area contributed by atoms with E-state index in [1.807, 2.05) is 6.07 Å². The van der Waals surface area contributed by atoms with Gasteiger partial charge in [-0.2, -0.15) is 0 Å². The van der Waals surface area contributed by atoms with Gasteiger partial charge in [0, 0.05) is 18.1 Å². The van der Waals surface area contributed by atoms with E-state index in [1.54, 1.807) is 49.6 Å². The lowest BCUT2D eigenvalue weighted by Crippen LogP contribution is -2.15. The van der Waals surface area contributed by atoms with Gasteiger partial charge in [-0.15, -0.1) is 0 Å². The van der Waals surface area contributed by atoms with Crippen molar-refractivity contribution in [3.63, 3.8) is 0 Å². The molecule has 0 spiro atoms. The van der Waals surface area contributed by atoms with Crippen LogP contribution < -0.4 is 5.32 Å². The van der Waals surface area contributed by atoms with E-state index < -0.39 is 5.97 Å². The van der Waals surface area contributed by atoms with E-state index in [-0.39, 0.29) is 12.3 Å². The van der Waals surface area contributed by atoms with Crippen LogP contribution in [-0.4, -0.2) is 29.0 Å². The van der Waals surface area contributed by atoms with E-state index in [2.05, 4.69) is 20.0 Å². The molecule has 0 unspecified atom stereocenters. The molecule has 0 radical (unpaired) electrons. The van der Waals surface area contributed by atoms with Gasteiger partial charge < -0.3 is 14.5 Å². The third-order valence-electron chi connectivity index (χ3n) is 3.72. The molecule has 26 heavy (non-hydrogen) atoms. The number of aromatic nitrogens is 2. The Bertz CT molecular complexity index is 918. The first-order valence-electron chi connectivity index (χ1n) is 7.91. The van der Waals surface area contributed by atoms with Crippen molar-refractivity contribution < 1.29 is 18.7 Å².